The van der Waals surface area contributed by atoms with Crippen LogP contribution in [0.2, 0.25) is 0 Å². The van der Waals surface area contributed by atoms with E-state index in [1.165, 1.54) is 18.3 Å². The summed E-state index contributed by atoms with van der Waals surface area (Å²) < 4.78 is 12.9. The Kier molecular flexibility index (Phi) is 2.33. The number of aromatic nitrogens is 2. The molecule has 2 aromatic rings. The third kappa shape index (κ3) is 1.93. The summed E-state index contributed by atoms with van der Waals surface area (Å²) in [5.41, 5.74) is 7.82. The van der Waals surface area contributed by atoms with Crippen molar-refractivity contribution in [2.75, 3.05) is 5.73 Å². The lowest BCUT2D eigenvalue weighted by molar-refractivity contribution is 0.627. The van der Waals surface area contributed by atoms with E-state index in [0.29, 0.717) is 11.5 Å². The second-order valence-electron chi connectivity index (χ2n) is 3.29. The fourth-order valence-corrected chi connectivity index (χ4v) is 1.39. The van der Waals surface area contributed by atoms with E-state index in [2.05, 4.69) is 9.97 Å². The van der Waals surface area contributed by atoms with Gasteiger partial charge in [-0.3, -0.25) is 4.98 Å². The summed E-state index contributed by atoms with van der Waals surface area (Å²) in [5, 5.41) is 0. The average molecular weight is 203 g/mol. The fourth-order valence-electron chi connectivity index (χ4n) is 1.39. The number of hydrogen-bond donors (Lipinski definition) is 1. The van der Waals surface area contributed by atoms with E-state index in [1.54, 1.807) is 12.3 Å². The van der Waals surface area contributed by atoms with Crippen LogP contribution in [0, 0.1) is 12.7 Å². The first-order valence-corrected chi connectivity index (χ1v) is 4.51. The molecule has 1 aromatic carbocycles. The van der Waals surface area contributed by atoms with Crippen molar-refractivity contribution in [3.05, 3.63) is 42.0 Å². The number of benzene rings is 1. The lowest BCUT2D eigenvalue weighted by atomic mass is 10.1. The summed E-state index contributed by atoms with van der Waals surface area (Å²) in [7, 11) is 0. The monoisotopic (exact) mass is 203 g/mol. The third-order valence-electron chi connectivity index (χ3n) is 2.14. The number of aryl methyl sites for hydroxylation is 1. The molecule has 0 fully saturated rings. The molecular weight excluding hydrogens is 193 g/mol. The van der Waals surface area contributed by atoms with E-state index < -0.39 is 0 Å². The van der Waals surface area contributed by atoms with Crippen molar-refractivity contribution in [3.8, 4) is 11.3 Å². The van der Waals surface area contributed by atoms with Gasteiger partial charge in [0.15, 0.2) is 0 Å². The highest BCUT2D eigenvalue weighted by atomic mass is 19.1. The second kappa shape index (κ2) is 3.65. The minimum atomic E-state index is -0.250. The maximum atomic E-state index is 12.9. The first kappa shape index (κ1) is 9.58. The lowest BCUT2D eigenvalue weighted by Gasteiger charge is -2.04. The molecule has 0 amide bonds. The van der Waals surface area contributed by atoms with Gasteiger partial charge in [-0.05, 0) is 30.7 Å². The van der Waals surface area contributed by atoms with Gasteiger partial charge in [0.05, 0.1) is 18.1 Å². The Labute approximate surface area is 86.8 Å². The smallest absolute Gasteiger partial charge is 0.141 e. The van der Waals surface area contributed by atoms with Crippen LogP contribution in [-0.2, 0) is 0 Å². The van der Waals surface area contributed by atoms with Crippen molar-refractivity contribution in [1.82, 2.24) is 9.97 Å². The van der Waals surface area contributed by atoms with Crippen LogP contribution in [-0.4, -0.2) is 9.97 Å². The molecule has 0 saturated heterocycles. The van der Waals surface area contributed by atoms with Gasteiger partial charge in [0, 0.05) is 5.56 Å². The van der Waals surface area contributed by atoms with Crippen LogP contribution in [0.1, 0.15) is 5.56 Å². The zero-order chi connectivity index (χ0) is 10.8. The molecule has 0 spiro atoms. The van der Waals surface area contributed by atoms with Crippen molar-refractivity contribution >= 4 is 5.82 Å². The van der Waals surface area contributed by atoms with Gasteiger partial charge in [-0.2, -0.15) is 0 Å². The number of nitrogen functional groups attached to an aromatic ring is 1. The molecule has 3 nitrogen and oxygen atoms in total. The summed E-state index contributed by atoms with van der Waals surface area (Å²) in [4.78, 5) is 8.07. The molecule has 0 aliphatic carbocycles. The molecule has 0 aliphatic heterocycles. The van der Waals surface area contributed by atoms with Gasteiger partial charge in [-0.25, -0.2) is 9.37 Å². The Bertz CT molecular complexity index is 480. The highest BCUT2D eigenvalue weighted by Gasteiger charge is 2.04. The topological polar surface area (TPSA) is 51.8 Å². The largest absolute Gasteiger partial charge is 0.382 e. The zero-order valence-electron chi connectivity index (χ0n) is 8.24. The molecule has 4 heteroatoms. The maximum Gasteiger partial charge on any atom is 0.141 e. The van der Waals surface area contributed by atoms with Crippen LogP contribution in [0.25, 0.3) is 11.3 Å². The predicted molar refractivity (Wildman–Crippen MR) is 56.6 cm³/mol. The molecule has 0 aliphatic rings. The fraction of sp³-hybridized carbons (Fsp3) is 0.0909. The van der Waals surface area contributed by atoms with Crippen LogP contribution in [0.4, 0.5) is 10.2 Å². The first-order valence-electron chi connectivity index (χ1n) is 4.51. The Balaban J connectivity index is 2.49. The first-order chi connectivity index (χ1) is 7.16. The molecule has 0 bridgehead atoms. The normalized spacial score (nSPS) is 10.3. The van der Waals surface area contributed by atoms with Gasteiger partial charge >= 0.3 is 0 Å². The maximum absolute atomic E-state index is 12.9. The molecule has 2 N–H and O–H groups in total. The lowest BCUT2D eigenvalue weighted by Crippen LogP contribution is -1.94. The van der Waals surface area contributed by atoms with Crippen molar-refractivity contribution in [2.45, 2.75) is 6.92 Å². The van der Waals surface area contributed by atoms with E-state index in [1.807, 2.05) is 6.92 Å². The van der Waals surface area contributed by atoms with Gasteiger partial charge in [0.25, 0.3) is 0 Å². The van der Waals surface area contributed by atoms with Crippen molar-refractivity contribution in [3.63, 3.8) is 0 Å². The van der Waals surface area contributed by atoms with Crippen molar-refractivity contribution in [1.29, 1.82) is 0 Å². The molecule has 76 valence electrons. The second-order valence-corrected chi connectivity index (χ2v) is 3.29. The number of halogens is 1. The van der Waals surface area contributed by atoms with Gasteiger partial charge in [0.2, 0.25) is 0 Å². The Morgan fingerprint density at radius 3 is 2.60 bits per heavy atom. The van der Waals surface area contributed by atoms with E-state index in [4.69, 9.17) is 5.73 Å². The van der Waals surface area contributed by atoms with Gasteiger partial charge in [-0.15, -0.1) is 0 Å². The quantitative estimate of drug-likeness (QED) is 0.772. The average Bonchev–Trinajstić information content (AvgIpc) is 2.20. The minimum absolute atomic E-state index is 0.250. The third-order valence-corrected chi connectivity index (χ3v) is 2.14. The molecule has 0 saturated carbocycles. The number of nitrogens with zero attached hydrogens (tertiary/aromatic N) is 2. The zero-order valence-corrected chi connectivity index (χ0v) is 8.24. The summed E-state index contributed by atoms with van der Waals surface area (Å²) >= 11 is 0. The molecule has 1 heterocycles. The summed E-state index contributed by atoms with van der Waals surface area (Å²) in [6, 6.07) is 4.55. The molecule has 0 atom stereocenters. The van der Waals surface area contributed by atoms with Gasteiger partial charge in [0.1, 0.15) is 11.6 Å². The molecule has 2 rings (SSSR count). The van der Waals surface area contributed by atoms with Gasteiger partial charge in [-0.1, -0.05) is 0 Å². The molecule has 15 heavy (non-hydrogen) atoms. The van der Waals surface area contributed by atoms with Crippen LogP contribution in [0.3, 0.4) is 0 Å². The van der Waals surface area contributed by atoms with Crippen molar-refractivity contribution < 1.29 is 4.39 Å². The molecule has 0 radical (unpaired) electrons. The number of anilines is 1. The molecule has 1 aromatic heterocycles. The summed E-state index contributed by atoms with van der Waals surface area (Å²) in [5.74, 6) is 0.123. The Hall–Kier alpha value is -1.97. The van der Waals surface area contributed by atoms with Gasteiger partial charge < -0.3 is 5.73 Å². The predicted octanol–water partition coefficient (Wildman–Crippen LogP) is 2.17. The van der Waals surface area contributed by atoms with Crippen molar-refractivity contribution in [2.24, 2.45) is 0 Å². The highest BCUT2D eigenvalue weighted by molar-refractivity contribution is 5.62. The van der Waals surface area contributed by atoms with E-state index in [9.17, 15) is 4.39 Å². The summed E-state index contributed by atoms with van der Waals surface area (Å²) in [6.07, 6.45) is 3.06. The van der Waals surface area contributed by atoms with Crippen LogP contribution >= 0.6 is 0 Å². The van der Waals surface area contributed by atoms with Crippen LogP contribution < -0.4 is 5.73 Å². The SMILES string of the molecule is Cc1cc(F)ccc1-c1cnc(N)cn1. The Morgan fingerprint density at radius 2 is 2.00 bits per heavy atom. The molecular formula is C11H10FN3. The number of rotatable bonds is 1. The van der Waals surface area contributed by atoms with E-state index >= 15 is 0 Å². The number of nitrogens with two attached hydrogens (primary N) is 1. The molecule has 0 unspecified atom stereocenters. The van der Waals surface area contributed by atoms with E-state index in [0.717, 1.165) is 11.1 Å². The number of hydrogen-bond acceptors (Lipinski definition) is 3. The highest BCUT2D eigenvalue weighted by Crippen LogP contribution is 2.21. The minimum Gasteiger partial charge on any atom is -0.382 e. The van der Waals surface area contributed by atoms with E-state index in [-0.39, 0.29) is 5.82 Å². The standard InChI is InChI=1S/C11H10FN3/c1-7-4-8(12)2-3-9(7)10-5-15-11(13)6-14-10/h2-6H,1H3,(H2,13,15). The Morgan fingerprint density at radius 1 is 1.20 bits per heavy atom. The van der Waals surface area contributed by atoms with Crippen LogP contribution in [0.5, 0.6) is 0 Å². The summed E-state index contributed by atoms with van der Waals surface area (Å²) in [6.45, 7) is 1.83. The van der Waals surface area contributed by atoms with Crippen LogP contribution in [0.15, 0.2) is 30.6 Å².